The number of pyridine rings is 1. The summed E-state index contributed by atoms with van der Waals surface area (Å²) in [5.41, 5.74) is -0.261. The Morgan fingerprint density at radius 2 is 1.76 bits per heavy atom. The fourth-order valence-corrected chi connectivity index (χ4v) is 6.09. The van der Waals surface area contributed by atoms with E-state index in [-0.39, 0.29) is 42.0 Å². The van der Waals surface area contributed by atoms with E-state index in [0.29, 0.717) is 26.2 Å². The van der Waals surface area contributed by atoms with E-state index in [0.717, 1.165) is 36.0 Å². The van der Waals surface area contributed by atoms with Crippen LogP contribution in [0.4, 0.5) is 22.0 Å². The summed E-state index contributed by atoms with van der Waals surface area (Å²) in [6.07, 6.45) is -2.22. The highest BCUT2D eigenvalue weighted by Crippen LogP contribution is 2.42. The van der Waals surface area contributed by atoms with Crippen LogP contribution in [0.1, 0.15) is 29.5 Å². The van der Waals surface area contributed by atoms with Gasteiger partial charge in [0.15, 0.2) is 17.4 Å². The summed E-state index contributed by atoms with van der Waals surface area (Å²) in [7, 11) is -1.42. The van der Waals surface area contributed by atoms with Crippen molar-refractivity contribution in [3.8, 4) is 11.5 Å². The molecule has 45 heavy (non-hydrogen) atoms. The first kappa shape index (κ1) is 32.8. The predicted octanol–water partition coefficient (Wildman–Crippen LogP) is 8.30. The van der Waals surface area contributed by atoms with Gasteiger partial charge in [-0.2, -0.15) is 13.2 Å². The molecule has 0 N–H and O–H groups in total. The molecule has 0 aliphatic carbocycles. The van der Waals surface area contributed by atoms with Gasteiger partial charge in [-0.15, -0.1) is 0 Å². The summed E-state index contributed by atoms with van der Waals surface area (Å²) in [6, 6.07) is 13.6. The number of carbonyl (C=O) groups excluding carboxylic acids is 1. The number of carbonyl (C=O) groups is 1. The molecule has 0 unspecified atom stereocenters. The van der Waals surface area contributed by atoms with Crippen LogP contribution < -0.4 is 4.74 Å². The summed E-state index contributed by atoms with van der Waals surface area (Å²) in [5.74, 6) is -3.77. The molecule has 3 heterocycles. The lowest BCUT2D eigenvalue weighted by molar-refractivity contribution is -0.136. The third-order valence-corrected chi connectivity index (χ3v) is 9.65. The van der Waals surface area contributed by atoms with Gasteiger partial charge in [0.2, 0.25) is 0 Å². The largest absolute Gasteiger partial charge is 0.450 e. The van der Waals surface area contributed by atoms with Crippen molar-refractivity contribution in [1.82, 2.24) is 9.55 Å². The molecule has 1 fully saturated rings. The first-order valence-corrected chi connectivity index (χ1v) is 18.4. The van der Waals surface area contributed by atoms with Gasteiger partial charge < -0.3 is 18.8 Å². The number of aromatic nitrogens is 2. The van der Waals surface area contributed by atoms with E-state index in [9.17, 15) is 18.0 Å². The quantitative estimate of drug-likeness (QED) is 0.0831. The number of hydrogen-bond acceptors (Lipinski definition) is 5. The first-order chi connectivity index (χ1) is 21.3. The van der Waals surface area contributed by atoms with Gasteiger partial charge in [-0.3, -0.25) is 4.79 Å². The van der Waals surface area contributed by atoms with Crippen LogP contribution in [0.25, 0.3) is 11.0 Å². The minimum atomic E-state index is -4.80. The summed E-state index contributed by atoms with van der Waals surface area (Å²) >= 11 is 0. The predicted molar refractivity (Wildman–Crippen MR) is 162 cm³/mol. The summed E-state index contributed by atoms with van der Waals surface area (Å²) in [5, 5.41) is -0.441. The van der Waals surface area contributed by atoms with Crippen molar-refractivity contribution in [1.29, 1.82) is 0 Å². The number of Topliss-reactive ketones (excluding diaryl/α,β-unsaturated/α-hetero) is 1. The molecular weight excluding hydrogens is 611 g/mol. The maximum absolute atomic E-state index is 15.2. The van der Waals surface area contributed by atoms with Crippen LogP contribution >= 0.6 is 0 Å². The highest BCUT2D eigenvalue weighted by molar-refractivity contribution is 6.76. The highest BCUT2D eigenvalue weighted by atomic mass is 28.3. The number of fused-ring (bicyclic) bond motifs is 1. The molecule has 0 spiro atoms. The molecular formula is C33H35F5N2O4Si. The number of nitrogens with zero attached hydrogens (tertiary/aromatic N) is 2. The van der Waals surface area contributed by atoms with Gasteiger partial charge in [-0.05, 0) is 41.8 Å². The zero-order chi connectivity index (χ0) is 32.4. The number of ether oxygens (including phenoxy) is 3. The Kier molecular flexibility index (Phi) is 9.48. The van der Waals surface area contributed by atoms with Gasteiger partial charge in [-0.25, -0.2) is 13.8 Å². The molecule has 0 saturated carbocycles. The minimum Gasteiger partial charge on any atom is -0.450 e. The lowest BCUT2D eigenvalue weighted by atomic mass is 9.74. The number of halogens is 5. The summed E-state index contributed by atoms with van der Waals surface area (Å²) in [4.78, 5) is 16.9. The van der Waals surface area contributed by atoms with Crippen LogP contribution in [0.2, 0.25) is 25.7 Å². The Bertz CT molecular complexity index is 1640. The monoisotopic (exact) mass is 646 g/mol. The van der Waals surface area contributed by atoms with E-state index >= 15 is 8.78 Å². The zero-order valence-electron chi connectivity index (χ0n) is 25.3. The molecule has 12 heteroatoms. The molecule has 1 saturated heterocycles. The first-order valence-electron chi connectivity index (χ1n) is 14.7. The van der Waals surface area contributed by atoms with Gasteiger partial charge in [-0.1, -0.05) is 50.0 Å². The fraction of sp³-hybridized carbons (Fsp3) is 0.394. The molecule has 1 aliphatic rings. The Labute approximate surface area is 259 Å². The topological polar surface area (TPSA) is 62.6 Å². The van der Waals surface area contributed by atoms with E-state index in [2.05, 4.69) is 24.6 Å². The van der Waals surface area contributed by atoms with Gasteiger partial charge in [0.05, 0.1) is 24.2 Å². The second kappa shape index (κ2) is 13.0. The average molecular weight is 647 g/mol. The van der Waals surface area contributed by atoms with E-state index in [1.807, 2.05) is 30.3 Å². The second-order valence-electron chi connectivity index (χ2n) is 12.7. The van der Waals surface area contributed by atoms with Crippen LogP contribution in [0.5, 0.6) is 11.5 Å². The van der Waals surface area contributed by atoms with Crippen LogP contribution in [-0.4, -0.2) is 43.2 Å². The SMILES string of the molecule is C[Si](C)(C)CCOCn1cc(C(F)(F)F)c2c(Oc3c(F)cc(CC(=O)CCC4(c5ccccc5)COC4)cc3F)ccnc21. The molecule has 2 aromatic carbocycles. The Hall–Kier alpha value is -3.61. The minimum absolute atomic E-state index is 0.0958. The van der Waals surface area contributed by atoms with Crippen molar-refractivity contribution < 1.29 is 41.0 Å². The second-order valence-corrected chi connectivity index (χ2v) is 18.3. The smallest absolute Gasteiger partial charge is 0.418 e. The van der Waals surface area contributed by atoms with E-state index in [4.69, 9.17) is 14.2 Å². The normalized spacial score (nSPS) is 14.8. The molecule has 0 amide bonds. The van der Waals surface area contributed by atoms with Crippen LogP contribution in [0, 0.1) is 11.6 Å². The maximum atomic E-state index is 15.2. The lowest BCUT2D eigenvalue weighted by Gasteiger charge is -2.42. The molecule has 1 aliphatic heterocycles. The molecule has 240 valence electrons. The van der Waals surface area contributed by atoms with Crippen molar-refractivity contribution in [2.24, 2.45) is 0 Å². The van der Waals surface area contributed by atoms with Crippen molar-refractivity contribution in [2.75, 3.05) is 19.8 Å². The molecule has 2 aromatic heterocycles. The van der Waals surface area contributed by atoms with Gasteiger partial charge in [0.1, 0.15) is 23.9 Å². The highest BCUT2D eigenvalue weighted by Gasteiger charge is 2.40. The van der Waals surface area contributed by atoms with Crippen LogP contribution in [0.15, 0.2) is 60.9 Å². The third-order valence-electron chi connectivity index (χ3n) is 7.95. The zero-order valence-corrected chi connectivity index (χ0v) is 26.3. The van der Waals surface area contributed by atoms with Crippen molar-refractivity contribution >= 4 is 24.9 Å². The summed E-state index contributed by atoms with van der Waals surface area (Å²) < 4.78 is 90.3. The number of ketones is 1. The number of alkyl halides is 3. The summed E-state index contributed by atoms with van der Waals surface area (Å²) in [6.45, 7) is 7.65. The Balaban J connectivity index is 1.32. The number of benzene rings is 2. The van der Waals surface area contributed by atoms with Crippen molar-refractivity contribution in [3.05, 3.63) is 89.2 Å². The van der Waals surface area contributed by atoms with E-state index in [1.54, 1.807) is 0 Å². The lowest BCUT2D eigenvalue weighted by Crippen LogP contribution is -2.47. The molecule has 4 aromatic rings. The molecule has 6 nitrogen and oxygen atoms in total. The third kappa shape index (κ3) is 7.62. The fourth-order valence-electron chi connectivity index (χ4n) is 5.34. The van der Waals surface area contributed by atoms with E-state index in [1.165, 1.54) is 10.8 Å². The molecule has 5 rings (SSSR count). The van der Waals surface area contributed by atoms with E-state index < -0.39 is 48.3 Å². The van der Waals surface area contributed by atoms with Crippen molar-refractivity contribution in [2.45, 2.75) is 63.3 Å². The molecule has 0 radical (unpaired) electrons. The molecule has 0 atom stereocenters. The van der Waals surface area contributed by atoms with Crippen LogP contribution in [-0.2, 0) is 39.0 Å². The Morgan fingerprint density at radius 3 is 2.36 bits per heavy atom. The number of hydrogen-bond donors (Lipinski definition) is 0. The molecule has 0 bridgehead atoms. The average Bonchev–Trinajstić information content (AvgIpc) is 3.33. The van der Waals surface area contributed by atoms with Gasteiger partial charge in [0, 0.05) is 45.3 Å². The van der Waals surface area contributed by atoms with Crippen LogP contribution in [0.3, 0.4) is 0 Å². The maximum Gasteiger partial charge on any atom is 0.418 e. The number of rotatable bonds is 13. The Morgan fingerprint density at radius 1 is 1.07 bits per heavy atom. The standard InChI is InChI=1S/C33H35F5N2O4Si/c1-45(2,3)14-13-42-21-40-18-25(33(36,37)38)29-28(10-12-39-31(29)40)44-30-26(34)16-22(17-27(30)35)15-24(41)9-11-32(19-43-20-32)23-7-5-4-6-8-23/h4-8,10,12,16-18H,9,11,13-15,19-21H2,1-3H3. The van der Waals surface area contributed by atoms with Gasteiger partial charge >= 0.3 is 6.18 Å². The van der Waals surface area contributed by atoms with Crippen molar-refractivity contribution in [3.63, 3.8) is 0 Å². The van der Waals surface area contributed by atoms with Gasteiger partial charge in [0.25, 0.3) is 0 Å².